The summed E-state index contributed by atoms with van der Waals surface area (Å²) in [6, 6.07) is 20.5. The Labute approximate surface area is 189 Å². The Bertz CT molecular complexity index is 1030. The van der Waals surface area contributed by atoms with Crippen molar-refractivity contribution in [2.75, 3.05) is 5.32 Å². The summed E-state index contributed by atoms with van der Waals surface area (Å²) in [6.07, 6.45) is 1.75. The minimum atomic E-state index is 0.185. The number of hydrazone groups is 1. The maximum atomic E-state index is 6.24. The molecule has 0 heterocycles. The quantitative estimate of drug-likeness (QED) is 0.215. The average Bonchev–Trinajstić information content (AvgIpc) is 2.72. The fourth-order valence-electron chi connectivity index (χ4n) is 2.45. The fraction of sp³-hybridized carbons (Fsp3) is 0.0476. The van der Waals surface area contributed by atoms with Crippen LogP contribution in [0.1, 0.15) is 11.1 Å². The van der Waals surface area contributed by atoms with Crippen molar-refractivity contribution >= 4 is 64.0 Å². The molecule has 0 bridgehead atoms. The van der Waals surface area contributed by atoms with E-state index in [2.05, 4.69) is 15.8 Å². The number of hydrazine groups is 1. The lowest BCUT2D eigenvalue weighted by Crippen LogP contribution is -2.82. The summed E-state index contributed by atoms with van der Waals surface area (Å²) in [5.41, 5.74) is 5.25. The van der Waals surface area contributed by atoms with Crippen LogP contribution in [0.3, 0.4) is 0 Å². The van der Waals surface area contributed by atoms with Crippen LogP contribution in [-0.2, 0) is 6.61 Å². The van der Waals surface area contributed by atoms with E-state index >= 15 is 0 Å². The van der Waals surface area contributed by atoms with Gasteiger partial charge < -0.3 is 10.1 Å². The Morgan fingerprint density at radius 1 is 0.931 bits per heavy atom. The van der Waals surface area contributed by atoms with Gasteiger partial charge in [0.05, 0.1) is 15.6 Å². The third-order valence-electron chi connectivity index (χ3n) is 3.87. The number of para-hydroxylation sites is 2. The molecule has 0 aliphatic rings. The van der Waals surface area contributed by atoms with E-state index in [-0.39, 0.29) is 6.61 Å². The van der Waals surface area contributed by atoms with E-state index in [9.17, 15) is 0 Å². The number of benzene rings is 3. The van der Waals surface area contributed by atoms with E-state index in [1.807, 2.05) is 54.6 Å². The zero-order chi connectivity index (χ0) is 20.6. The van der Waals surface area contributed by atoms with Crippen molar-refractivity contribution in [3.8, 4) is 5.75 Å². The Morgan fingerprint density at radius 2 is 1.62 bits per heavy atom. The average molecular weight is 466 g/mol. The number of hydrogen-bond acceptors (Lipinski definition) is 2. The van der Waals surface area contributed by atoms with Crippen molar-refractivity contribution in [1.82, 2.24) is 5.43 Å². The highest BCUT2D eigenvalue weighted by molar-refractivity contribution is 7.80. The predicted molar refractivity (Wildman–Crippen MR) is 124 cm³/mol. The van der Waals surface area contributed by atoms with Gasteiger partial charge in [0.15, 0.2) is 0 Å². The Balaban J connectivity index is 1.64. The lowest BCUT2D eigenvalue weighted by atomic mass is 10.2. The molecule has 148 valence electrons. The first-order valence-electron chi connectivity index (χ1n) is 8.59. The number of ether oxygens (including phenoxy) is 1. The van der Waals surface area contributed by atoms with Gasteiger partial charge in [0, 0.05) is 16.3 Å². The van der Waals surface area contributed by atoms with Gasteiger partial charge in [0.2, 0.25) is 11.3 Å². The third-order valence-corrected chi connectivity index (χ3v) is 5.28. The lowest BCUT2D eigenvalue weighted by molar-refractivity contribution is -0.499. The number of halogens is 3. The maximum absolute atomic E-state index is 6.24. The van der Waals surface area contributed by atoms with Crippen molar-refractivity contribution < 1.29 is 9.84 Å². The second-order valence-electron chi connectivity index (χ2n) is 5.88. The molecule has 0 atom stereocenters. The molecule has 0 amide bonds. The van der Waals surface area contributed by atoms with Crippen LogP contribution in [0.15, 0.2) is 66.7 Å². The zero-order valence-corrected chi connectivity index (χ0v) is 18.2. The molecule has 0 saturated carbocycles. The molecular formula is C21H17Cl3N3OS+. The third kappa shape index (κ3) is 6.08. The van der Waals surface area contributed by atoms with Gasteiger partial charge in [-0.15, -0.1) is 10.5 Å². The molecule has 3 aromatic rings. The van der Waals surface area contributed by atoms with E-state index in [1.165, 1.54) is 0 Å². The van der Waals surface area contributed by atoms with Crippen molar-refractivity contribution in [2.45, 2.75) is 6.61 Å². The Morgan fingerprint density at radius 3 is 2.41 bits per heavy atom. The molecule has 0 aliphatic heterocycles. The molecule has 29 heavy (non-hydrogen) atoms. The molecule has 3 aromatic carbocycles. The first-order chi connectivity index (χ1) is 14.0. The molecule has 0 saturated heterocycles. The number of hydrogen-bond donors (Lipinski definition) is 3. The van der Waals surface area contributed by atoms with Crippen LogP contribution in [0.25, 0.3) is 0 Å². The molecule has 0 fully saturated rings. The Kier molecular flexibility index (Phi) is 7.72. The largest absolute Gasteiger partial charge is 0.488 e. The molecule has 0 radical (unpaired) electrons. The van der Waals surface area contributed by atoms with Gasteiger partial charge >= 0.3 is 0 Å². The van der Waals surface area contributed by atoms with Gasteiger partial charge in [-0.2, -0.15) is 0 Å². The van der Waals surface area contributed by atoms with Crippen LogP contribution < -0.4 is 20.6 Å². The molecule has 8 heteroatoms. The van der Waals surface area contributed by atoms with E-state index < -0.39 is 0 Å². The van der Waals surface area contributed by atoms with Crippen molar-refractivity contribution in [2.24, 2.45) is 0 Å². The fourth-order valence-corrected chi connectivity index (χ4v) is 3.28. The molecular weight excluding hydrogens is 449 g/mol. The summed E-state index contributed by atoms with van der Waals surface area (Å²) >= 11 is 23.8. The standard InChI is InChI=1S/C21H16Cl3N3OS/c22-17-10-11-18(23)20(24)16(17)13-28-19-9-5-4-6-14(19)12-25-27-21(29)26-15-7-2-1-3-8-15/h1-12H,13H2,(H2,26,27,29)/p+1. The van der Waals surface area contributed by atoms with Gasteiger partial charge in [-0.3, -0.25) is 0 Å². The van der Waals surface area contributed by atoms with Crippen molar-refractivity contribution in [3.63, 3.8) is 0 Å². The zero-order valence-electron chi connectivity index (χ0n) is 15.1. The highest BCUT2D eigenvalue weighted by Crippen LogP contribution is 2.32. The molecule has 0 unspecified atom stereocenters. The second kappa shape index (κ2) is 10.5. The SMILES string of the molecule is S=C(N[NH+]=Cc1ccccc1OCc1c(Cl)ccc(Cl)c1Cl)Nc1ccccc1. The van der Waals surface area contributed by atoms with Crippen LogP contribution in [0.4, 0.5) is 5.69 Å². The minimum absolute atomic E-state index is 0.185. The summed E-state index contributed by atoms with van der Waals surface area (Å²) in [4.78, 5) is 0. The lowest BCUT2D eigenvalue weighted by Gasteiger charge is -2.11. The Hall–Kier alpha value is -2.31. The van der Waals surface area contributed by atoms with E-state index in [0.29, 0.717) is 31.5 Å². The summed E-state index contributed by atoms with van der Waals surface area (Å²) in [5, 5.41) is 7.78. The smallest absolute Gasteiger partial charge is 0.228 e. The number of thiocarbonyl (C=S) groups is 1. The second-order valence-corrected chi connectivity index (χ2v) is 7.48. The first-order valence-corrected chi connectivity index (χ1v) is 10.1. The number of rotatable bonds is 6. The first kappa shape index (κ1) is 21.4. The van der Waals surface area contributed by atoms with Gasteiger partial charge in [0.25, 0.3) is 0 Å². The van der Waals surface area contributed by atoms with Gasteiger partial charge in [0.1, 0.15) is 12.4 Å². The summed E-state index contributed by atoms with van der Waals surface area (Å²) < 4.78 is 5.92. The van der Waals surface area contributed by atoms with Crippen LogP contribution in [0.2, 0.25) is 15.1 Å². The monoisotopic (exact) mass is 464 g/mol. The van der Waals surface area contributed by atoms with E-state index in [0.717, 1.165) is 11.3 Å². The maximum Gasteiger partial charge on any atom is 0.228 e. The molecule has 0 aliphatic carbocycles. The number of anilines is 1. The van der Waals surface area contributed by atoms with E-state index in [4.69, 9.17) is 51.8 Å². The summed E-state index contributed by atoms with van der Waals surface area (Å²) in [7, 11) is 0. The van der Waals surface area contributed by atoms with Crippen molar-refractivity contribution in [1.29, 1.82) is 0 Å². The molecule has 0 aromatic heterocycles. The summed E-state index contributed by atoms with van der Waals surface area (Å²) in [6.45, 7) is 0.185. The summed E-state index contributed by atoms with van der Waals surface area (Å²) in [5.74, 6) is 0.649. The minimum Gasteiger partial charge on any atom is -0.488 e. The highest BCUT2D eigenvalue weighted by atomic mass is 35.5. The number of nitrogens with one attached hydrogen (secondary N) is 3. The normalized spacial score (nSPS) is 10.7. The van der Waals surface area contributed by atoms with Crippen LogP contribution in [0.5, 0.6) is 5.75 Å². The van der Waals surface area contributed by atoms with Crippen LogP contribution in [-0.4, -0.2) is 11.3 Å². The van der Waals surface area contributed by atoms with Crippen LogP contribution >= 0.6 is 47.0 Å². The predicted octanol–water partition coefficient (Wildman–Crippen LogP) is 4.63. The highest BCUT2D eigenvalue weighted by Gasteiger charge is 2.12. The van der Waals surface area contributed by atoms with Crippen LogP contribution in [0, 0.1) is 0 Å². The molecule has 3 N–H and O–H groups in total. The van der Waals surface area contributed by atoms with Gasteiger partial charge in [-0.05, 0) is 48.6 Å². The molecule has 4 nitrogen and oxygen atoms in total. The van der Waals surface area contributed by atoms with Gasteiger partial charge in [-0.25, -0.2) is 0 Å². The van der Waals surface area contributed by atoms with E-state index in [1.54, 1.807) is 18.3 Å². The van der Waals surface area contributed by atoms with Crippen molar-refractivity contribution in [3.05, 3.63) is 92.9 Å². The molecule has 0 spiro atoms. The topological polar surface area (TPSA) is 47.3 Å². The van der Waals surface area contributed by atoms with Gasteiger partial charge in [-0.1, -0.05) is 65.1 Å². The molecule has 3 rings (SSSR count).